The second-order valence-electron chi connectivity index (χ2n) is 4.39. The third-order valence-corrected chi connectivity index (χ3v) is 3.73. The Morgan fingerprint density at radius 1 is 1.00 bits per heavy atom. The molecule has 3 aromatic rings. The fourth-order valence-electron chi connectivity index (χ4n) is 2.26. The minimum Gasteiger partial charge on any atom is -0.422 e. The number of para-hydroxylation sites is 1. The van der Waals surface area contributed by atoms with Crippen LogP contribution in [-0.2, 0) is 0 Å². The quantitative estimate of drug-likeness (QED) is 0.618. The van der Waals surface area contributed by atoms with Gasteiger partial charge in [-0.15, -0.1) is 0 Å². The molecule has 1 heterocycles. The molecule has 0 saturated heterocycles. The number of halogens is 1. The van der Waals surface area contributed by atoms with Crippen LogP contribution in [0.25, 0.3) is 22.1 Å². The van der Waals surface area contributed by atoms with Gasteiger partial charge in [0.25, 0.3) is 0 Å². The normalized spacial score (nSPS) is 10.8. The lowest BCUT2D eigenvalue weighted by molar-refractivity contribution is 0.562. The highest BCUT2D eigenvalue weighted by molar-refractivity contribution is 9.10. The Balaban J connectivity index is 2.35. The van der Waals surface area contributed by atoms with Gasteiger partial charge in [0, 0.05) is 9.86 Å². The van der Waals surface area contributed by atoms with Crippen LogP contribution in [0.2, 0.25) is 0 Å². The van der Waals surface area contributed by atoms with Crippen molar-refractivity contribution < 1.29 is 4.42 Å². The molecular formula is C16H11BrO2. The van der Waals surface area contributed by atoms with E-state index in [2.05, 4.69) is 15.9 Å². The smallest absolute Gasteiger partial charge is 0.344 e. The average Bonchev–Trinajstić information content (AvgIpc) is 2.41. The van der Waals surface area contributed by atoms with Crippen molar-refractivity contribution in [2.24, 2.45) is 0 Å². The van der Waals surface area contributed by atoms with E-state index in [1.165, 1.54) is 0 Å². The maximum Gasteiger partial charge on any atom is 0.344 e. The zero-order valence-corrected chi connectivity index (χ0v) is 11.9. The molecule has 94 valence electrons. The summed E-state index contributed by atoms with van der Waals surface area (Å²) >= 11 is 3.39. The van der Waals surface area contributed by atoms with E-state index < -0.39 is 0 Å². The van der Waals surface area contributed by atoms with Crippen LogP contribution in [0.15, 0.2) is 62.2 Å². The summed E-state index contributed by atoms with van der Waals surface area (Å²) in [5.41, 5.74) is 2.80. The predicted molar refractivity (Wildman–Crippen MR) is 80.4 cm³/mol. The van der Waals surface area contributed by atoms with Crippen LogP contribution in [0.3, 0.4) is 0 Å². The van der Waals surface area contributed by atoms with Crippen molar-refractivity contribution in [1.29, 1.82) is 0 Å². The van der Waals surface area contributed by atoms with E-state index in [0.29, 0.717) is 11.1 Å². The molecule has 2 aromatic carbocycles. The predicted octanol–water partition coefficient (Wildman–Crippen LogP) is 4.53. The van der Waals surface area contributed by atoms with Gasteiger partial charge in [-0.25, -0.2) is 4.79 Å². The summed E-state index contributed by atoms with van der Waals surface area (Å²) in [6.07, 6.45) is 0. The van der Waals surface area contributed by atoms with Gasteiger partial charge in [-0.2, -0.15) is 0 Å². The number of hydrogen-bond donors (Lipinski definition) is 0. The van der Waals surface area contributed by atoms with Crippen molar-refractivity contribution >= 4 is 26.9 Å². The molecule has 0 radical (unpaired) electrons. The van der Waals surface area contributed by atoms with Gasteiger partial charge >= 0.3 is 5.63 Å². The number of rotatable bonds is 1. The van der Waals surface area contributed by atoms with Gasteiger partial charge in [-0.1, -0.05) is 46.3 Å². The number of hydrogen-bond acceptors (Lipinski definition) is 2. The van der Waals surface area contributed by atoms with E-state index in [4.69, 9.17) is 4.42 Å². The lowest BCUT2D eigenvalue weighted by Gasteiger charge is -2.07. The van der Waals surface area contributed by atoms with Gasteiger partial charge in [-0.05, 0) is 36.2 Å². The summed E-state index contributed by atoms with van der Waals surface area (Å²) in [7, 11) is 0. The van der Waals surface area contributed by atoms with E-state index in [-0.39, 0.29) is 5.63 Å². The number of aryl methyl sites for hydroxylation is 1. The van der Waals surface area contributed by atoms with Gasteiger partial charge in [0.1, 0.15) is 5.58 Å². The second-order valence-corrected chi connectivity index (χ2v) is 5.31. The summed E-state index contributed by atoms with van der Waals surface area (Å²) < 4.78 is 6.38. The van der Waals surface area contributed by atoms with E-state index in [9.17, 15) is 4.79 Å². The molecule has 0 atom stereocenters. The van der Waals surface area contributed by atoms with Crippen LogP contribution in [0.1, 0.15) is 5.56 Å². The van der Waals surface area contributed by atoms with Crippen molar-refractivity contribution in [3.05, 3.63) is 69.0 Å². The average molecular weight is 315 g/mol. The first-order chi connectivity index (χ1) is 9.16. The van der Waals surface area contributed by atoms with Gasteiger partial charge in [0.15, 0.2) is 0 Å². The molecule has 0 aliphatic rings. The molecular weight excluding hydrogens is 304 g/mol. The SMILES string of the molecule is Cc1c(-c2ccc(Br)cc2)c(=O)oc2ccccc12. The molecule has 0 saturated carbocycles. The van der Waals surface area contributed by atoms with Crippen molar-refractivity contribution in [3.63, 3.8) is 0 Å². The van der Waals surface area contributed by atoms with E-state index in [1.807, 2.05) is 55.5 Å². The highest BCUT2D eigenvalue weighted by atomic mass is 79.9. The van der Waals surface area contributed by atoms with E-state index >= 15 is 0 Å². The van der Waals surface area contributed by atoms with Crippen molar-refractivity contribution in [3.8, 4) is 11.1 Å². The zero-order valence-electron chi connectivity index (χ0n) is 10.3. The van der Waals surface area contributed by atoms with E-state index in [1.54, 1.807) is 0 Å². The standard InChI is InChI=1S/C16H11BrO2/c1-10-13-4-2-3-5-14(13)19-16(18)15(10)11-6-8-12(17)9-7-11/h2-9H,1H3. The van der Waals surface area contributed by atoms with Crippen LogP contribution in [0, 0.1) is 6.92 Å². The zero-order chi connectivity index (χ0) is 13.4. The van der Waals surface area contributed by atoms with Crippen LogP contribution < -0.4 is 5.63 Å². The molecule has 0 bridgehead atoms. The Hall–Kier alpha value is -1.87. The van der Waals surface area contributed by atoms with Gasteiger partial charge in [0.05, 0.1) is 5.56 Å². The minimum atomic E-state index is -0.293. The first-order valence-electron chi connectivity index (χ1n) is 5.95. The maximum absolute atomic E-state index is 12.2. The van der Waals surface area contributed by atoms with Crippen molar-refractivity contribution in [2.75, 3.05) is 0 Å². The topological polar surface area (TPSA) is 30.2 Å². The summed E-state index contributed by atoms with van der Waals surface area (Å²) in [6.45, 7) is 1.95. The Kier molecular flexibility index (Phi) is 2.99. The molecule has 0 amide bonds. The molecule has 0 spiro atoms. The van der Waals surface area contributed by atoms with E-state index in [0.717, 1.165) is 21.0 Å². The summed E-state index contributed by atoms with van der Waals surface area (Å²) in [4.78, 5) is 12.2. The monoisotopic (exact) mass is 314 g/mol. The van der Waals surface area contributed by atoms with Crippen molar-refractivity contribution in [2.45, 2.75) is 6.92 Å². The highest BCUT2D eigenvalue weighted by Crippen LogP contribution is 2.27. The summed E-state index contributed by atoms with van der Waals surface area (Å²) in [6, 6.07) is 15.3. The summed E-state index contributed by atoms with van der Waals surface area (Å²) in [5, 5.41) is 0.972. The second kappa shape index (κ2) is 4.67. The first-order valence-corrected chi connectivity index (χ1v) is 6.74. The Bertz CT molecular complexity index is 801. The first kappa shape index (κ1) is 12.2. The molecule has 0 aliphatic carbocycles. The Morgan fingerprint density at radius 2 is 1.68 bits per heavy atom. The molecule has 0 fully saturated rings. The molecule has 3 heteroatoms. The lowest BCUT2D eigenvalue weighted by Crippen LogP contribution is -2.05. The van der Waals surface area contributed by atoms with Crippen molar-refractivity contribution in [1.82, 2.24) is 0 Å². The third-order valence-electron chi connectivity index (χ3n) is 3.21. The van der Waals surface area contributed by atoms with Gasteiger partial charge < -0.3 is 4.42 Å². The summed E-state index contributed by atoms with van der Waals surface area (Å²) in [5.74, 6) is 0. The van der Waals surface area contributed by atoms with Crippen LogP contribution in [0.5, 0.6) is 0 Å². The molecule has 0 aliphatic heterocycles. The minimum absolute atomic E-state index is 0.293. The Morgan fingerprint density at radius 3 is 2.42 bits per heavy atom. The molecule has 0 unspecified atom stereocenters. The van der Waals surface area contributed by atoms with Crippen LogP contribution >= 0.6 is 15.9 Å². The Labute approximate surface area is 118 Å². The van der Waals surface area contributed by atoms with Crippen LogP contribution in [-0.4, -0.2) is 0 Å². The fourth-order valence-corrected chi connectivity index (χ4v) is 2.52. The third kappa shape index (κ3) is 2.10. The molecule has 19 heavy (non-hydrogen) atoms. The molecule has 3 rings (SSSR count). The molecule has 1 aromatic heterocycles. The number of fused-ring (bicyclic) bond motifs is 1. The van der Waals surface area contributed by atoms with Gasteiger partial charge in [0.2, 0.25) is 0 Å². The largest absolute Gasteiger partial charge is 0.422 e. The van der Waals surface area contributed by atoms with Crippen LogP contribution in [0.4, 0.5) is 0 Å². The highest BCUT2D eigenvalue weighted by Gasteiger charge is 2.12. The maximum atomic E-state index is 12.2. The molecule has 0 N–H and O–H groups in total. The van der Waals surface area contributed by atoms with Gasteiger partial charge in [-0.3, -0.25) is 0 Å². The lowest BCUT2D eigenvalue weighted by atomic mass is 10.00. The fraction of sp³-hybridized carbons (Fsp3) is 0.0625. The number of benzene rings is 2. The molecule has 2 nitrogen and oxygen atoms in total.